The maximum atomic E-state index is 12.3. The molecule has 0 saturated heterocycles. The number of nitrogens with one attached hydrogen (secondary N) is 1. The molecule has 0 bridgehead atoms. The third-order valence-electron chi connectivity index (χ3n) is 4.15. The average Bonchev–Trinajstić information content (AvgIpc) is 2.65. The number of halogens is 2. The molecule has 0 aliphatic carbocycles. The Balaban J connectivity index is 1.96. The number of benzene rings is 2. The molecule has 7 heteroatoms. The van der Waals surface area contributed by atoms with Crippen LogP contribution < -0.4 is 10.1 Å². The number of rotatable bonds is 9. The number of aryl methyl sites for hydroxylation is 1. The molecule has 2 aromatic carbocycles. The van der Waals surface area contributed by atoms with E-state index in [1.807, 2.05) is 6.07 Å². The summed E-state index contributed by atoms with van der Waals surface area (Å²) in [5.41, 5.74) is 1.50. The predicted octanol–water partition coefficient (Wildman–Crippen LogP) is 3.80. The second-order valence-electron chi connectivity index (χ2n) is 6.11. The van der Waals surface area contributed by atoms with Crippen LogP contribution in [0.25, 0.3) is 0 Å². The van der Waals surface area contributed by atoms with Gasteiger partial charge in [0.15, 0.2) is 0 Å². The molecule has 1 amide bonds. The molecule has 2 unspecified atom stereocenters. The summed E-state index contributed by atoms with van der Waals surface area (Å²) >= 11 is 0. The minimum absolute atomic E-state index is 0.0534. The van der Waals surface area contributed by atoms with Gasteiger partial charge < -0.3 is 15.2 Å². The summed E-state index contributed by atoms with van der Waals surface area (Å²) in [4.78, 5) is 23.7. The van der Waals surface area contributed by atoms with Crippen molar-refractivity contribution >= 4 is 11.9 Å². The summed E-state index contributed by atoms with van der Waals surface area (Å²) in [6, 6.07) is 14.3. The Morgan fingerprint density at radius 1 is 1.07 bits per heavy atom. The first kappa shape index (κ1) is 20.4. The lowest BCUT2D eigenvalue weighted by atomic mass is 9.94. The van der Waals surface area contributed by atoms with Crippen LogP contribution in [0.1, 0.15) is 30.5 Å². The monoisotopic (exact) mass is 377 g/mol. The molecule has 2 atom stereocenters. The normalized spacial score (nSPS) is 13.0. The molecule has 5 nitrogen and oxygen atoms in total. The maximum Gasteiger partial charge on any atom is 0.387 e. The number of alkyl halides is 2. The second kappa shape index (κ2) is 9.66. The van der Waals surface area contributed by atoms with Crippen molar-refractivity contribution in [3.8, 4) is 5.75 Å². The van der Waals surface area contributed by atoms with E-state index in [9.17, 15) is 23.5 Å². The summed E-state index contributed by atoms with van der Waals surface area (Å²) in [6.45, 7) is -1.34. The fourth-order valence-electron chi connectivity index (χ4n) is 2.64. The van der Waals surface area contributed by atoms with Crippen molar-refractivity contribution in [3.05, 3.63) is 65.7 Å². The van der Waals surface area contributed by atoms with Crippen LogP contribution in [0, 0.1) is 5.92 Å². The highest BCUT2D eigenvalue weighted by Crippen LogP contribution is 2.22. The quantitative estimate of drug-likeness (QED) is 0.697. The molecule has 2 rings (SSSR count). The van der Waals surface area contributed by atoms with Gasteiger partial charge in [-0.05, 0) is 36.6 Å². The summed E-state index contributed by atoms with van der Waals surface area (Å²) in [7, 11) is 0. The van der Waals surface area contributed by atoms with Gasteiger partial charge in [-0.2, -0.15) is 8.78 Å². The van der Waals surface area contributed by atoms with Crippen LogP contribution in [0.3, 0.4) is 0 Å². The standard InChI is InChI=1S/C20H21F2NO4/c1-13(19(25)26)18(15-5-3-2-4-6-15)23-17(24)12-9-14-7-10-16(11-8-14)27-20(21)22/h2-8,10-11,13,18,20H,9,12H2,1H3,(H,23,24)(H,25,26). The Kier molecular flexibility index (Phi) is 7.28. The first-order valence-corrected chi connectivity index (χ1v) is 8.47. The van der Waals surface area contributed by atoms with Gasteiger partial charge in [0, 0.05) is 6.42 Å². The maximum absolute atomic E-state index is 12.3. The number of carboxylic acid groups (broad SMARTS) is 1. The van der Waals surface area contributed by atoms with Crippen molar-refractivity contribution in [2.45, 2.75) is 32.4 Å². The smallest absolute Gasteiger partial charge is 0.387 e. The van der Waals surface area contributed by atoms with Crippen LogP contribution in [0.5, 0.6) is 5.75 Å². The highest BCUT2D eigenvalue weighted by atomic mass is 19.3. The summed E-state index contributed by atoms with van der Waals surface area (Å²) in [5, 5.41) is 12.1. The molecule has 0 aromatic heterocycles. The van der Waals surface area contributed by atoms with Crippen LogP contribution in [0.2, 0.25) is 0 Å². The van der Waals surface area contributed by atoms with E-state index in [1.165, 1.54) is 12.1 Å². The molecule has 0 heterocycles. The number of hydrogen-bond donors (Lipinski definition) is 2. The highest BCUT2D eigenvalue weighted by Gasteiger charge is 2.26. The van der Waals surface area contributed by atoms with Gasteiger partial charge in [-0.3, -0.25) is 9.59 Å². The van der Waals surface area contributed by atoms with Gasteiger partial charge in [0.25, 0.3) is 0 Å². The lowest BCUT2D eigenvalue weighted by Gasteiger charge is -2.23. The molecular weight excluding hydrogens is 356 g/mol. The molecular formula is C20H21F2NO4. The van der Waals surface area contributed by atoms with Gasteiger partial charge in [-0.1, -0.05) is 42.5 Å². The number of aliphatic carboxylic acids is 1. The Labute approximate surface area is 156 Å². The molecule has 144 valence electrons. The van der Waals surface area contributed by atoms with E-state index < -0.39 is 24.5 Å². The van der Waals surface area contributed by atoms with E-state index >= 15 is 0 Å². The van der Waals surface area contributed by atoms with E-state index in [2.05, 4.69) is 10.1 Å². The molecule has 2 N–H and O–H groups in total. The van der Waals surface area contributed by atoms with E-state index in [4.69, 9.17) is 0 Å². The molecule has 27 heavy (non-hydrogen) atoms. The van der Waals surface area contributed by atoms with Gasteiger partial charge in [-0.25, -0.2) is 0 Å². The first-order valence-electron chi connectivity index (χ1n) is 8.47. The van der Waals surface area contributed by atoms with Gasteiger partial charge in [0.2, 0.25) is 5.91 Å². The topological polar surface area (TPSA) is 75.6 Å². The van der Waals surface area contributed by atoms with Crippen molar-refractivity contribution in [3.63, 3.8) is 0 Å². The van der Waals surface area contributed by atoms with Gasteiger partial charge in [0.1, 0.15) is 5.75 Å². The van der Waals surface area contributed by atoms with Crippen LogP contribution in [-0.2, 0) is 16.0 Å². The first-order chi connectivity index (χ1) is 12.9. The van der Waals surface area contributed by atoms with Crippen LogP contribution in [0.15, 0.2) is 54.6 Å². The van der Waals surface area contributed by atoms with E-state index in [0.717, 1.165) is 5.56 Å². The third-order valence-corrected chi connectivity index (χ3v) is 4.15. The number of carbonyl (C=O) groups excluding carboxylic acids is 1. The summed E-state index contributed by atoms with van der Waals surface area (Å²) in [6.07, 6.45) is 0.536. The molecule has 2 aromatic rings. The Bertz CT molecular complexity index is 750. The molecule has 0 radical (unpaired) electrons. The highest BCUT2D eigenvalue weighted by molar-refractivity contribution is 5.78. The third kappa shape index (κ3) is 6.36. The number of ether oxygens (including phenoxy) is 1. The predicted molar refractivity (Wildman–Crippen MR) is 95.5 cm³/mol. The van der Waals surface area contributed by atoms with Gasteiger partial charge in [0.05, 0.1) is 12.0 Å². The van der Waals surface area contributed by atoms with Crippen molar-refractivity contribution < 1.29 is 28.2 Å². The summed E-state index contributed by atoms with van der Waals surface area (Å²) in [5.74, 6) is -2.02. The van der Waals surface area contributed by atoms with Crippen molar-refractivity contribution in [2.24, 2.45) is 5.92 Å². The van der Waals surface area contributed by atoms with E-state index in [1.54, 1.807) is 43.3 Å². The van der Waals surface area contributed by atoms with Crippen LogP contribution in [-0.4, -0.2) is 23.6 Å². The molecule has 0 aliphatic rings. The van der Waals surface area contributed by atoms with Crippen molar-refractivity contribution in [1.82, 2.24) is 5.32 Å². The lowest BCUT2D eigenvalue weighted by molar-refractivity contribution is -0.142. The van der Waals surface area contributed by atoms with Crippen molar-refractivity contribution in [2.75, 3.05) is 0 Å². The molecule has 0 fully saturated rings. The minimum Gasteiger partial charge on any atom is -0.481 e. The summed E-state index contributed by atoms with van der Waals surface area (Å²) < 4.78 is 28.6. The largest absolute Gasteiger partial charge is 0.481 e. The number of amides is 1. The zero-order valence-corrected chi connectivity index (χ0v) is 14.8. The fourth-order valence-corrected chi connectivity index (χ4v) is 2.64. The van der Waals surface area contributed by atoms with Gasteiger partial charge in [-0.15, -0.1) is 0 Å². The zero-order valence-electron chi connectivity index (χ0n) is 14.8. The number of hydrogen-bond acceptors (Lipinski definition) is 3. The Morgan fingerprint density at radius 2 is 1.70 bits per heavy atom. The van der Waals surface area contributed by atoms with Crippen LogP contribution in [0.4, 0.5) is 8.78 Å². The van der Waals surface area contributed by atoms with E-state index in [0.29, 0.717) is 12.0 Å². The number of carboxylic acids is 1. The SMILES string of the molecule is CC(C(=O)O)C(NC(=O)CCc1ccc(OC(F)F)cc1)c1ccccc1. The Hall–Kier alpha value is -2.96. The number of carbonyl (C=O) groups is 2. The fraction of sp³-hybridized carbons (Fsp3) is 0.300. The minimum atomic E-state index is -2.88. The molecule has 0 aliphatic heterocycles. The van der Waals surface area contributed by atoms with Crippen LogP contribution >= 0.6 is 0 Å². The second-order valence-corrected chi connectivity index (χ2v) is 6.11. The lowest BCUT2D eigenvalue weighted by Crippen LogP contribution is -2.35. The van der Waals surface area contributed by atoms with Gasteiger partial charge >= 0.3 is 12.6 Å². The molecule has 0 saturated carbocycles. The molecule has 0 spiro atoms. The van der Waals surface area contributed by atoms with Crippen molar-refractivity contribution in [1.29, 1.82) is 0 Å². The zero-order chi connectivity index (χ0) is 19.8. The average molecular weight is 377 g/mol. The Morgan fingerprint density at radius 3 is 2.26 bits per heavy atom. The van der Waals surface area contributed by atoms with E-state index in [-0.39, 0.29) is 18.1 Å².